The minimum absolute atomic E-state index is 0.295. The summed E-state index contributed by atoms with van der Waals surface area (Å²) in [4.78, 5) is 4.08. The second kappa shape index (κ2) is 3.31. The first-order valence-corrected chi connectivity index (χ1v) is 4.78. The molecule has 1 aromatic heterocycles. The molecule has 0 atom stereocenters. The zero-order valence-electron chi connectivity index (χ0n) is 8.74. The maximum absolute atomic E-state index is 12.9. The van der Waals surface area contributed by atoms with Crippen molar-refractivity contribution in [3.63, 3.8) is 0 Å². The molecule has 1 N–H and O–H groups in total. The molecule has 4 heteroatoms. The number of hydrogen-bond acceptors (Lipinski definition) is 2. The van der Waals surface area contributed by atoms with Crippen LogP contribution in [0.15, 0.2) is 24.5 Å². The molecule has 0 amide bonds. The SMILES string of the molecule is CC(C)(O)Cn1cnc2cc(F)ccc21. The Balaban J connectivity index is 2.45. The van der Waals surface area contributed by atoms with Gasteiger partial charge in [0.1, 0.15) is 5.82 Å². The minimum Gasteiger partial charge on any atom is -0.389 e. The van der Waals surface area contributed by atoms with E-state index in [1.165, 1.54) is 12.1 Å². The highest BCUT2D eigenvalue weighted by Gasteiger charge is 2.15. The van der Waals surface area contributed by atoms with Crippen LogP contribution >= 0.6 is 0 Å². The van der Waals surface area contributed by atoms with Crippen LogP contribution in [0.4, 0.5) is 4.39 Å². The van der Waals surface area contributed by atoms with Gasteiger partial charge in [0, 0.05) is 6.07 Å². The topological polar surface area (TPSA) is 38.0 Å². The number of halogens is 1. The van der Waals surface area contributed by atoms with Gasteiger partial charge in [0.25, 0.3) is 0 Å². The number of nitrogens with zero attached hydrogens (tertiary/aromatic N) is 2. The predicted molar refractivity (Wildman–Crippen MR) is 56.0 cm³/mol. The molecule has 0 saturated carbocycles. The molecule has 0 aliphatic heterocycles. The Morgan fingerprint density at radius 3 is 2.87 bits per heavy atom. The summed E-state index contributed by atoms with van der Waals surface area (Å²) >= 11 is 0. The Hall–Kier alpha value is -1.42. The second-order valence-electron chi connectivity index (χ2n) is 4.32. The summed E-state index contributed by atoms with van der Waals surface area (Å²) in [5.74, 6) is -0.295. The number of hydrogen-bond donors (Lipinski definition) is 1. The summed E-state index contributed by atoms with van der Waals surface area (Å²) in [6.45, 7) is 3.89. The summed E-state index contributed by atoms with van der Waals surface area (Å²) in [6, 6.07) is 4.45. The fourth-order valence-corrected chi connectivity index (χ4v) is 1.58. The van der Waals surface area contributed by atoms with Gasteiger partial charge in [-0.2, -0.15) is 0 Å². The fraction of sp³-hybridized carbons (Fsp3) is 0.364. The summed E-state index contributed by atoms with van der Waals surface area (Å²) in [6.07, 6.45) is 1.61. The third-order valence-electron chi connectivity index (χ3n) is 2.14. The molecule has 0 radical (unpaired) electrons. The molecule has 0 bridgehead atoms. The monoisotopic (exact) mass is 208 g/mol. The lowest BCUT2D eigenvalue weighted by Crippen LogP contribution is -2.25. The van der Waals surface area contributed by atoms with E-state index in [0.29, 0.717) is 12.1 Å². The van der Waals surface area contributed by atoms with Crippen molar-refractivity contribution in [2.24, 2.45) is 0 Å². The summed E-state index contributed by atoms with van der Waals surface area (Å²) in [5.41, 5.74) is 0.639. The van der Waals surface area contributed by atoms with Gasteiger partial charge in [-0.25, -0.2) is 9.37 Å². The summed E-state index contributed by atoms with van der Waals surface area (Å²) in [7, 11) is 0. The first-order chi connectivity index (χ1) is 6.96. The van der Waals surface area contributed by atoms with Gasteiger partial charge in [-0.05, 0) is 26.0 Å². The van der Waals surface area contributed by atoms with Crippen molar-refractivity contribution in [3.05, 3.63) is 30.3 Å². The van der Waals surface area contributed by atoms with Gasteiger partial charge < -0.3 is 9.67 Å². The number of aromatic nitrogens is 2. The van der Waals surface area contributed by atoms with Gasteiger partial charge in [-0.1, -0.05) is 0 Å². The van der Waals surface area contributed by atoms with E-state index < -0.39 is 5.60 Å². The van der Waals surface area contributed by atoms with Crippen molar-refractivity contribution in [1.29, 1.82) is 0 Å². The summed E-state index contributed by atoms with van der Waals surface area (Å²) in [5, 5.41) is 9.68. The van der Waals surface area contributed by atoms with E-state index >= 15 is 0 Å². The molecular formula is C11H13FN2O. The van der Waals surface area contributed by atoms with E-state index in [1.807, 2.05) is 4.57 Å². The van der Waals surface area contributed by atoms with E-state index in [0.717, 1.165) is 5.52 Å². The van der Waals surface area contributed by atoms with E-state index in [4.69, 9.17) is 0 Å². The Labute approximate surface area is 87.2 Å². The summed E-state index contributed by atoms with van der Waals surface area (Å²) < 4.78 is 14.7. The smallest absolute Gasteiger partial charge is 0.125 e. The van der Waals surface area contributed by atoms with Crippen LogP contribution in [-0.2, 0) is 6.54 Å². The molecule has 1 aromatic carbocycles. The van der Waals surface area contributed by atoms with Gasteiger partial charge in [0.15, 0.2) is 0 Å². The number of benzene rings is 1. The van der Waals surface area contributed by atoms with Crippen molar-refractivity contribution in [2.75, 3.05) is 0 Å². The molecule has 0 aliphatic carbocycles. The average Bonchev–Trinajstić information content (AvgIpc) is 2.45. The zero-order valence-corrected chi connectivity index (χ0v) is 8.74. The predicted octanol–water partition coefficient (Wildman–Crippen LogP) is 1.95. The van der Waals surface area contributed by atoms with E-state index in [2.05, 4.69) is 4.98 Å². The second-order valence-corrected chi connectivity index (χ2v) is 4.32. The van der Waals surface area contributed by atoms with Crippen LogP contribution < -0.4 is 0 Å². The van der Waals surface area contributed by atoms with Gasteiger partial charge in [-0.15, -0.1) is 0 Å². The molecule has 15 heavy (non-hydrogen) atoms. The van der Waals surface area contributed by atoms with Gasteiger partial charge in [0.05, 0.1) is 29.5 Å². The van der Waals surface area contributed by atoms with Gasteiger partial charge in [0.2, 0.25) is 0 Å². The maximum atomic E-state index is 12.9. The van der Waals surface area contributed by atoms with Crippen molar-refractivity contribution in [1.82, 2.24) is 9.55 Å². The highest BCUT2D eigenvalue weighted by Crippen LogP contribution is 2.16. The van der Waals surface area contributed by atoms with Crippen molar-refractivity contribution < 1.29 is 9.50 Å². The average molecular weight is 208 g/mol. The third-order valence-corrected chi connectivity index (χ3v) is 2.14. The van der Waals surface area contributed by atoms with Crippen LogP contribution in [0.1, 0.15) is 13.8 Å². The molecular weight excluding hydrogens is 195 g/mol. The number of rotatable bonds is 2. The first-order valence-electron chi connectivity index (χ1n) is 4.78. The van der Waals surface area contributed by atoms with Crippen molar-refractivity contribution in [3.8, 4) is 0 Å². The van der Waals surface area contributed by atoms with Gasteiger partial charge in [-0.3, -0.25) is 0 Å². The number of fused-ring (bicyclic) bond motifs is 1. The fourth-order valence-electron chi connectivity index (χ4n) is 1.58. The van der Waals surface area contributed by atoms with Crippen LogP contribution in [-0.4, -0.2) is 20.3 Å². The minimum atomic E-state index is -0.804. The molecule has 0 fully saturated rings. The Morgan fingerprint density at radius 2 is 2.20 bits per heavy atom. The van der Waals surface area contributed by atoms with E-state index in [1.54, 1.807) is 26.2 Å². The Bertz CT molecular complexity index is 485. The van der Waals surface area contributed by atoms with Crippen LogP contribution in [0.2, 0.25) is 0 Å². The quantitative estimate of drug-likeness (QED) is 0.819. The molecule has 0 unspecified atom stereocenters. The van der Waals surface area contributed by atoms with Crippen molar-refractivity contribution >= 4 is 11.0 Å². The third kappa shape index (κ3) is 2.15. The largest absolute Gasteiger partial charge is 0.389 e. The maximum Gasteiger partial charge on any atom is 0.125 e. The normalized spacial score (nSPS) is 12.3. The molecule has 3 nitrogen and oxygen atoms in total. The first kappa shape index (κ1) is 10.1. The molecule has 0 spiro atoms. The molecule has 0 saturated heterocycles. The van der Waals surface area contributed by atoms with Crippen LogP contribution in [0.5, 0.6) is 0 Å². The van der Waals surface area contributed by atoms with Gasteiger partial charge >= 0.3 is 0 Å². The van der Waals surface area contributed by atoms with Crippen LogP contribution in [0.3, 0.4) is 0 Å². The van der Waals surface area contributed by atoms with Crippen molar-refractivity contribution in [2.45, 2.75) is 26.0 Å². The molecule has 0 aliphatic rings. The molecule has 1 heterocycles. The number of imidazole rings is 1. The highest BCUT2D eigenvalue weighted by atomic mass is 19.1. The lowest BCUT2D eigenvalue weighted by atomic mass is 10.1. The van der Waals surface area contributed by atoms with E-state index in [-0.39, 0.29) is 5.82 Å². The zero-order chi connectivity index (χ0) is 11.1. The highest BCUT2D eigenvalue weighted by molar-refractivity contribution is 5.75. The van der Waals surface area contributed by atoms with Crippen LogP contribution in [0.25, 0.3) is 11.0 Å². The molecule has 2 rings (SSSR count). The Kier molecular flexibility index (Phi) is 2.23. The lowest BCUT2D eigenvalue weighted by Gasteiger charge is -2.17. The number of aliphatic hydroxyl groups is 1. The Morgan fingerprint density at radius 1 is 1.47 bits per heavy atom. The van der Waals surface area contributed by atoms with Crippen LogP contribution in [0, 0.1) is 5.82 Å². The molecule has 80 valence electrons. The van der Waals surface area contributed by atoms with E-state index in [9.17, 15) is 9.50 Å². The molecule has 2 aromatic rings. The standard InChI is InChI=1S/C11H13FN2O/c1-11(2,15)6-14-7-13-9-5-8(12)3-4-10(9)14/h3-5,7,15H,6H2,1-2H3. The lowest BCUT2D eigenvalue weighted by molar-refractivity contribution is 0.0627.